The van der Waals surface area contributed by atoms with Gasteiger partial charge in [-0.05, 0) is 38.5 Å². The summed E-state index contributed by atoms with van der Waals surface area (Å²) < 4.78 is 37.2. The molecule has 30 heavy (non-hydrogen) atoms. The van der Waals surface area contributed by atoms with Crippen LogP contribution in [0.4, 0.5) is 13.6 Å². The van der Waals surface area contributed by atoms with Gasteiger partial charge in [-0.2, -0.15) is 4.99 Å². The third kappa shape index (κ3) is 4.06. The molecule has 2 amide bonds. The quantitative estimate of drug-likeness (QED) is 0.653. The Morgan fingerprint density at radius 1 is 1.13 bits per heavy atom. The number of rotatable bonds is 3. The van der Waals surface area contributed by atoms with Crippen LogP contribution >= 0.6 is 11.3 Å². The Bertz CT molecular complexity index is 1170. The molecule has 2 heterocycles. The molecule has 0 spiro atoms. The van der Waals surface area contributed by atoms with Gasteiger partial charge in [0.25, 0.3) is 0 Å². The largest absolute Gasteiger partial charge is 0.586 e. The van der Waals surface area contributed by atoms with Gasteiger partial charge in [-0.3, -0.25) is 4.57 Å². The predicted molar refractivity (Wildman–Crippen MR) is 108 cm³/mol. The first-order chi connectivity index (χ1) is 14.1. The summed E-state index contributed by atoms with van der Waals surface area (Å²) in [5.74, 6) is -0.119. The van der Waals surface area contributed by atoms with Crippen LogP contribution in [-0.4, -0.2) is 16.9 Å². The summed E-state index contributed by atoms with van der Waals surface area (Å²) >= 11 is 1.31. The van der Waals surface area contributed by atoms with Gasteiger partial charge in [-0.1, -0.05) is 30.3 Å². The summed E-state index contributed by atoms with van der Waals surface area (Å²) in [5, 5.41) is 2.91. The number of nitrogens with one attached hydrogen (secondary N) is 1. The standard InChI is InChI=1S/C21H19F2N3O3S/c1-13-12-26(15-9-10-16-17(11-15)29-21(22,23)28-16)19(30-13)24-18(27)25-20(2,3)14-7-5-4-6-8-14/h4-12H,1-3H3,(H,25,27). The molecule has 0 aliphatic carbocycles. The number of nitrogens with zero attached hydrogens (tertiary/aromatic N) is 2. The Morgan fingerprint density at radius 3 is 2.57 bits per heavy atom. The molecule has 156 valence electrons. The molecule has 1 N–H and O–H groups in total. The number of ether oxygens (including phenoxy) is 2. The highest BCUT2D eigenvalue weighted by molar-refractivity contribution is 7.09. The predicted octanol–water partition coefficient (Wildman–Crippen LogP) is 4.71. The fourth-order valence-corrected chi connectivity index (χ4v) is 3.95. The number of alkyl halides is 2. The molecule has 0 bridgehead atoms. The van der Waals surface area contributed by atoms with Gasteiger partial charge in [0, 0.05) is 17.1 Å². The average molecular weight is 431 g/mol. The van der Waals surface area contributed by atoms with Crippen molar-refractivity contribution < 1.29 is 23.0 Å². The maximum absolute atomic E-state index is 13.3. The molecule has 2 aromatic carbocycles. The minimum absolute atomic E-state index is 0.0443. The molecule has 1 aliphatic rings. The van der Waals surface area contributed by atoms with Gasteiger partial charge in [0.15, 0.2) is 16.3 Å². The van der Waals surface area contributed by atoms with Crippen LogP contribution in [0.25, 0.3) is 5.69 Å². The van der Waals surface area contributed by atoms with Crippen molar-refractivity contribution in [2.75, 3.05) is 0 Å². The monoisotopic (exact) mass is 431 g/mol. The van der Waals surface area contributed by atoms with E-state index in [1.807, 2.05) is 51.1 Å². The molecule has 1 aliphatic heterocycles. The molecule has 0 saturated carbocycles. The van der Waals surface area contributed by atoms with E-state index in [-0.39, 0.29) is 11.5 Å². The summed E-state index contributed by atoms with van der Waals surface area (Å²) in [6, 6.07) is 13.5. The Balaban J connectivity index is 1.64. The van der Waals surface area contributed by atoms with Crippen molar-refractivity contribution >= 4 is 17.4 Å². The lowest BCUT2D eigenvalue weighted by Crippen LogP contribution is -2.40. The Hall–Kier alpha value is -3.20. The van der Waals surface area contributed by atoms with Crippen molar-refractivity contribution in [2.24, 2.45) is 4.99 Å². The van der Waals surface area contributed by atoms with Crippen molar-refractivity contribution in [3.05, 3.63) is 70.0 Å². The zero-order valence-corrected chi connectivity index (χ0v) is 17.3. The molecule has 0 fully saturated rings. The van der Waals surface area contributed by atoms with E-state index in [2.05, 4.69) is 19.8 Å². The molecule has 0 saturated heterocycles. The SMILES string of the molecule is Cc1cn(-c2ccc3c(c2)OC(F)(F)O3)c(=NC(=O)NC(C)(C)c2ccccc2)s1. The summed E-state index contributed by atoms with van der Waals surface area (Å²) in [5.41, 5.74) is 0.845. The van der Waals surface area contributed by atoms with Crippen molar-refractivity contribution in [3.63, 3.8) is 0 Å². The molecular weight excluding hydrogens is 412 g/mol. The van der Waals surface area contributed by atoms with Crippen LogP contribution < -0.4 is 19.6 Å². The molecule has 0 radical (unpaired) electrons. The van der Waals surface area contributed by atoms with Gasteiger partial charge < -0.3 is 14.8 Å². The van der Waals surface area contributed by atoms with Gasteiger partial charge in [0.1, 0.15) is 0 Å². The summed E-state index contributed by atoms with van der Waals surface area (Å²) in [4.78, 5) is 18.1. The number of urea groups is 1. The maximum Gasteiger partial charge on any atom is 0.586 e. The highest BCUT2D eigenvalue weighted by Crippen LogP contribution is 2.41. The number of aryl methyl sites for hydroxylation is 1. The van der Waals surface area contributed by atoms with Crippen LogP contribution in [0.5, 0.6) is 11.5 Å². The minimum atomic E-state index is -3.69. The first kappa shape index (κ1) is 20.1. The first-order valence-electron chi connectivity index (χ1n) is 9.15. The van der Waals surface area contributed by atoms with E-state index in [1.165, 1.54) is 23.5 Å². The molecule has 4 rings (SSSR count). The van der Waals surface area contributed by atoms with Crippen LogP contribution in [0.1, 0.15) is 24.3 Å². The van der Waals surface area contributed by atoms with E-state index < -0.39 is 17.9 Å². The number of carbonyl (C=O) groups is 1. The van der Waals surface area contributed by atoms with Crippen molar-refractivity contribution in [3.8, 4) is 17.2 Å². The zero-order chi connectivity index (χ0) is 21.5. The Kier molecular flexibility index (Phi) is 4.85. The third-order valence-corrected chi connectivity index (χ3v) is 5.44. The average Bonchev–Trinajstić information content (AvgIpc) is 3.18. The lowest BCUT2D eigenvalue weighted by atomic mass is 9.95. The number of hydrogen-bond donors (Lipinski definition) is 1. The van der Waals surface area contributed by atoms with E-state index in [1.54, 1.807) is 16.8 Å². The number of amides is 2. The van der Waals surface area contributed by atoms with Gasteiger partial charge in [0.05, 0.1) is 11.2 Å². The normalized spacial score (nSPS) is 15.3. The van der Waals surface area contributed by atoms with E-state index >= 15 is 0 Å². The van der Waals surface area contributed by atoms with E-state index in [0.717, 1.165) is 10.4 Å². The zero-order valence-electron chi connectivity index (χ0n) is 16.5. The third-order valence-electron chi connectivity index (χ3n) is 4.54. The van der Waals surface area contributed by atoms with Crippen molar-refractivity contribution in [1.82, 2.24) is 9.88 Å². The number of fused-ring (bicyclic) bond motifs is 1. The molecule has 0 atom stereocenters. The minimum Gasteiger partial charge on any atom is -0.395 e. The molecule has 3 aromatic rings. The first-order valence-corrected chi connectivity index (χ1v) is 9.96. The fourth-order valence-electron chi connectivity index (χ4n) is 3.11. The maximum atomic E-state index is 13.3. The number of benzene rings is 2. The molecule has 6 nitrogen and oxygen atoms in total. The number of halogens is 2. The van der Waals surface area contributed by atoms with Crippen LogP contribution in [0, 0.1) is 6.92 Å². The van der Waals surface area contributed by atoms with Gasteiger partial charge in [-0.15, -0.1) is 20.1 Å². The van der Waals surface area contributed by atoms with E-state index in [9.17, 15) is 13.6 Å². The van der Waals surface area contributed by atoms with Crippen molar-refractivity contribution in [1.29, 1.82) is 0 Å². The fraction of sp³-hybridized carbons (Fsp3) is 0.238. The van der Waals surface area contributed by atoms with Gasteiger partial charge in [0.2, 0.25) is 0 Å². The molecule has 1 aromatic heterocycles. The Morgan fingerprint density at radius 2 is 1.83 bits per heavy atom. The summed E-state index contributed by atoms with van der Waals surface area (Å²) in [7, 11) is 0. The Labute approximate surface area is 175 Å². The summed E-state index contributed by atoms with van der Waals surface area (Å²) in [6.07, 6.45) is -1.92. The number of thiazole rings is 1. The van der Waals surface area contributed by atoms with Gasteiger partial charge in [-0.25, -0.2) is 4.79 Å². The summed E-state index contributed by atoms with van der Waals surface area (Å²) in [6.45, 7) is 5.65. The molecule has 9 heteroatoms. The highest BCUT2D eigenvalue weighted by Gasteiger charge is 2.43. The lowest BCUT2D eigenvalue weighted by molar-refractivity contribution is -0.286. The van der Waals surface area contributed by atoms with Crippen LogP contribution in [0.15, 0.2) is 59.7 Å². The highest BCUT2D eigenvalue weighted by atomic mass is 32.1. The molecule has 0 unspecified atom stereocenters. The second-order valence-electron chi connectivity index (χ2n) is 7.33. The van der Waals surface area contributed by atoms with Crippen LogP contribution in [-0.2, 0) is 5.54 Å². The lowest BCUT2D eigenvalue weighted by Gasteiger charge is -2.25. The molecular formula is C21H19F2N3O3S. The topological polar surface area (TPSA) is 64.8 Å². The van der Waals surface area contributed by atoms with Crippen LogP contribution in [0.2, 0.25) is 0 Å². The van der Waals surface area contributed by atoms with E-state index in [0.29, 0.717) is 10.5 Å². The second-order valence-corrected chi connectivity index (χ2v) is 8.54. The number of carbonyl (C=O) groups excluding carboxylic acids is 1. The van der Waals surface area contributed by atoms with Crippen LogP contribution in [0.3, 0.4) is 0 Å². The number of aromatic nitrogens is 1. The van der Waals surface area contributed by atoms with Gasteiger partial charge >= 0.3 is 12.3 Å². The smallest absolute Gasteiger partial charge is 0.395 e. The number of hydrogen-bond acceptors (Lipinski definition) is 4. The second kappa shape index (κ2) is 7.24. The van der Waals surface area contributed by atoms with E-state index in [4.69, 9.17) is 0 Å². The van der Waals surface area contributed by atoms with Crippen molar-refractivity contribution in [2.45, 2.75) is 32.6 Å².